The van der Waals surface area contributed by atoms with E-state index in [1.54, 1.807) is 0 Å². The topological polar surface area (TPSA) is 12.0 Å². The Bertz CT molecular complexity index is 302. The van der Waals surface area contributed by atoms with Crippen LogP contribution in [0.5, 0.6) is 0 Å². The molecule has 14 heavy (non-hydrogen) atoms. The number of benzene rings is 1. The molecular formula is C13H19N. The molecule has 0 saturated heterocycles. The summed E-state index contributed by atoms with van der Waals surface area (Å²) in [5, 5.41) is 3.16. The van der Waals surface area contributed by atoms with E-state index in [1.807, 2.05) is 13.1 Å². The molecule has 0 heterocycles. The molecular weight excluding hydrogens is 170 g/mol. The molecule has 1 N–H and O–H groups in total. The van der Waals surface area contributed by atoms with Gasteiger partial charge in [-0.15, -0.1) is 0 Å². The Balaban J connectivity index is 2.72. The van der Waals surface area contributed by atoms with Crippen molar-refractivity contribution in [2.45, 2.75) is 19.8 Å². The lowest BCUT2D eigenvalue weighted by molar-refractivity contribution is 0.724. The first-order valence-corrected chi connectivity index (χ1v) is 5.14. The van der Waals surface area contributed by atoms with Crippen molar-refractivity contribution in [3.63, 3.8) is 0 Å². The Morgan fingerprint density at radius 1 is 1.43 bits per heavy atom. The van der Waals surface area contributed by atoms with E-state index in [0.717, 1.165) is 13.0 Å². The van der Waals surface area contributed by atoms with Crippen molar-refractivity contribution in [3.05, 3.63) is 41.5 Å². The van der Waals surface area contributed by atoms with Gasteiger partial charge in [-0.05, 0) is 44.5 Å². The highest BCUT2D eigenvalue weighted by Gasteiger charge is 1.99. The molecule has 76 valence electrons. The van der Waals surface area contributed by atoms with Crippen LogP contribution in [0.2, 0.25) is 0 Å². The van der Waals surface area contributed by atoms with E-state index in [2.05, 4.69) is 37.0 Å². The quantitative estimate of drug-likeness (QED) is 0.702. The smallest absolute Gasteiger partial charge is 0.00487 e. The van der Waals surface area contributed by atoms with Crippen molar-refractivity contribution in [2.24, 2.45) is 0 Å². The Labute approximate surface area is 86.8 Å². The summed E-state index contributed by atoms with van der Waals surface area (Å²) < 4.78 is 0. The van der Waals surface area contributed by atoms with Crippen LogP contribution < -0.4 is 5.32 Å². The minimum Gasteiger partial charge on any atom is -0.320 e. The highest BCUT2D eigenvalue weighted by atomic mass is 14.8. The summed E-state index contributed by atoms with van der Waals surface area (Å²) in [6.45, 7) is 7.04. The van der Waals surface area contributed by atoms with Gasteiger partial charge in [0.1, 0.15) is 0 Å². The summed E-state index contributed by atoms with van der Waals surface area (Å²) in [5.74, 6) is 0. The maximum atomic E-state index is 3.83. The zero-order chi connectivity index (χ0) is 10.4. The van der Waals surface area contributed by atoms with E-state index in [4.69, 9.17) is 0 Å². The summed E-state index contributed by atoms with van der Waals surface area (Å²) in [4.78, 5) is 0. The van der Waals surface area contributed by atoms with Crippen LogP contribution in [0.25, 0.3) is 6.08 Å². The monoisotopic (exact) mass is 189 g/mol. The normalized spacial score (nSPS) is 10.1. The lowest BCUT2D eigenvalue weighted by atomic mass is 10.0. The van der Waals surface area contributed by atoms with Crippen LogP contribution >= 0.6 is 0 Å². The van der Waals surface area contributed by atoms with Crippen LogP contribution in [-0.2, 0) is 6.42 Å². The predicted molar refractivity (Wildman–Crippen MR) is 63.5 cm³/mol. The van der Waals surface area contributed by atoms with Gasteiger partial charge in [0.05, 0.1) is 0 Å². The average Bonchev–Trinajstić information content (AvgIpc) is 2.19. The summed E-state index contributed by atoms with van der Waals surface area (Å²) >= 11 is 0. The highest BCUT2D eigenvalue weighted by Crippen LogP contribution is 2.14. The fraction of sp³-hybridized carbons (Fsp3) is 0.385. The van der Waals surface area contributed by atoms with Gasteiger partial charge in [-0.2, -0.15) is 0 Å². The molecule has 0 spiro atoms. The Kier molecular flexibility index (Phi) is 4.41. The zero-order valence-electron chi connectivity index (χ0n) is 9.14. The van der Waals surface area contributed by atoms with Crippen molar-refractivity contribution >= 4 is 6.08 Å². The molecule has 1 aromatic rings. The van der Waals surface area contributed by atoms with Crippen LogP contribution in [-0.4, -0.2) is 13.6 Å². The third-order valence-corrected chi connectivity index (χ3v) is 2.39. The second kappa shape index (κ2) is 5.61. The molecule has 0 bridgehead atoms. The van der Waals surface area contributed by atoms with Crippen molar-refractivity contribution < 1.29 is 0 Å². The van der Waals surface area contributed by atoms with Crippen LogP contribution in [0.15, 0.2) is 24.8 Å². The predicted octanol–water partition coefficient (Wildman–Crippen LogP) is 2.79. The molecule has 0 aliphatic carbocycles. The molecule has 1 nitrogen and oxygen atoms in total. The fourth-order valence-corrected chi connectivity index (χ4v) is 1.61. The number of nitrogens with one attached hydrogen (secondary N) is 1. The van der Waals surface area contributed by atoms with Crippen molar-refractivity contribution in [2.75, 3.05) is 13.6 Å². The minimum atomic E-state index is 1.07. The number of aryl methyl sites for hydroxylation is 2. The third-order valence-electron chi connectivity index (χ3n) is 2.39. The Hall–Kier alpha value is -1.08. The van der Waals surface area contributed by atoms with Gasteiger partial charge in [-0.25, -0.2) is 0 Å². The minimum absolute atomic E-state index is 1.07. The molecule has 0 saturated carbocycles. The van der Waals surface area contributed by atoms with E-state index in [0.29, 0.717) is 0 Å². The third kappa shape index (κ3) is 3.00. The van der Waals surface area contributed by atoms with Gasteiger partial charge in [-0.1, -0.05) is 36.4 Å². The molecule has 0 aliphatic heterocycles. The van der Waals surface area contributed by atoms with E-state index in [-0.39, 0.29) is 0 Å². The van der Waals surface area contributed by atoms with Crippen molar-refractivity contribution in [3.8, 4) is 0 Å². The maximum Gasteiger partial charge on any atom is -0.00487 e. The molecule has 0 aromatic heterocycles. The van der Waals surface area contributed by atoms with E-state index in [1.165, 1.54) is 23.1 Å². The fourth-order valence-electron chi connectivity index (χ4n) is 1.61. The van der Waals surface area contributed by atoms with Crippen LogP contribution in [0, 0.1) is 6.92 Å². The molecule has 1 aromatic carbocycles. The largest absolute Gasteiger partial charge is 0.320 e. The van der Waals surface area contributed by atoms with E-state index >= 15 is 0 Å². The van der Waals surface area contributed by atoms with E-state index in [9.17, 15) is 0 Å². The van der Waals surface area contributed by atoms with Gasteiger partial charge < -0.3 is 5.32 Å². The molecule has 0 unspecified atom stereocenters. The lowest BCUT2D eigenvalue weighted by Crippen LogP contribution is -2.08. The lowest BCUT2D eigenvalue weighted by Gasteiger charge is -2.07. The first-order chi connectivity index (χ1) is 6.77. The van der Waals surface area contributed by atoms with Gasteiger partial charge in [0.2, 0.25) is 0 Å². The second-order valence-electron chi connectivity index (χ2n) is 3.61. The molecule has 0 radical (unpaired) electrons. The molecule has 0 fully saturated rings. The summed E-state index contributed by atoms with van der Waals surface area (Å²) in [5.41, 5.74) is 4.01. The molecule has 0 aliphatic rings. The number of hydrogen-bond acceptors (Lipinski definition) is 1. The molecule has 1 rings (SSSR count). The molecule has 0 atom stereocenters. The molecule has 1 heteroatoms. The first-order valence-electron chi connectivity index (χ1n) is 5.14. The number of rotatable bonds is 5. The van der Waals surface area contributed by atoms with Crippen molar-refractivity contribution in [1.82, 2.24) is 5.32 Å². The van der Waals surface area contributed by atoms with Gasteiger partial charge in [-0.3, -0.25) is 0 Å². The van der Waals surface area contributed by atoms with Crippen LogP contribution in [0.3, 0.4) is 0 Å². The SMILES string of the molecule is C=Cc1ccc(C)cc1CCCNC. The van der Waals surface area contributed by atoms with Gasteiger partial charge in [0.15, 0.2) is 0 Å². The van der Waals surface area contributed by atoms with E-state index < -0.39 is 0 Å². The van der Waals surface area contributed by atoms with Gasteiger partial charge in [0.25, 0.3) is 0 Å². The standard InChI is InChI=1S/C13H19N/c1-4-12-8-7-11(2)10-13(12)6-5-9-14-3/h4,7-8,10,14H,1,5-6,9H2,2-3H3. The van der Waals surface area contributed by atoms with Crippen molar-refractivity contribution in [1.29, 1.82) is 0 Å². The van der Waals surface area contributed by atoms with Crippen LogP contribution in [0.4, 0.5) is 0 Å². The van der Waals surface area contributed by atoms with Gasteiger partial charge >= 0.3 is 0 Å². The summed E-state index contributed by atoms with van der Waals surface area (Å²) in [6.07, 6.45) is 4.25. The Morgan fingerprint density at radius 3 is 2.86 bits per heavy atom. The second-order valence-corrected chi connectivity index (χ2v) is 3.61. The highest BCUT2D eigenvalue weighted by molar-refractivity contribution is 5.52. The molecule has 0 amide bonds. The average molecular weight is 189 g/mol. The first kappa shape index (κ1) is 11.0. The van der Waals surface area contributed by atoms with Gasteiger partial charge in [0, 0.05) is 0 Å². The number of hydrogen-bond donors (Lipinski definition) is 1. The Morgan fingerprint density at radius 2 is 2.21 bits per heavy atom. The summed E-state index contributed by atoms with van der Waals surface area (Å²) in [7, 11) is 1.99. The zero-order valence-corrected chi connectivity index (χ0v) is 9.14. The van der Waals surface area contributed by atoms with Crippen LogP contribution in [0.1, 0.15) is 23.1 Å². The summed E-state index contributed by atoms with van der Waals surface area (Å²) in [6, 6.07) is 6.54. The maximum absolute atomic E-state index is 3.83.